The summed E-state index contributed by atoms with van der Waals surface area (Å²) < 4.78 is 0. The van der Waals surface area contributed by atoms with Crippen LogP contribution in [0.5, 0.6) is 0 Å². The molecule has 2 amide bonds. The Labute approximate surface area is 129 Å². The molecule has 1 aromatic rings. The molecule has 7 heteroatoms. The molecule has 1 rings (SSSR count). The van der Waals surface area contributed by atoms with Crippen LogP contribution in [0.15, 0.2) is 41.4 Å². The van der Waals surface area contributed by atoms with Gasteiger partial charge in [-0.15, -0.1) is 0 Å². The Hall–Kier alpha value is -2.83. The summed E-state index contributed by atoms with van der Waals surface area (Å²) in [4.78, 5) is 26.5. The number of hydrogen-bond donors (Lipinski definition) is 4. The average molecular weight is 303 g/mol. The molecule has 7 nitrogen and oxygen atoms in total. The normalized spacial score (nSPS) is 10.9. The predicted octanol–water partition coefficient (Wildman–Crippen LogP) is -0.118. The van der Waals surface area contributed by atoms with E-state index in [4.69, 9.17) is 11.5 Å². The van der Waals surface area contributed by atoms with Gasteiger partial charge < -0.3 is 22.1 Å². The Morgan fingerprint density at radius 2 is 1.77 bits per heavy atom. The van der Waals surface area contributed by atoms with E-state index in [1.807, 2.05) is 6.92 Å². The van der Waals surface area contributed by atoms with Crippen LogP contribution in [0.1, 0.15) is 22.8 Å². The van der Waals surface area contributed by atoms with Crippen LogP contribution < -0.4 is 22.1 Å². The van der Waals surface area contributed by atoms with Gasteiger partial charge in [0.05, 0.1) is 13.1 Å². The van der Waals surface area contributed by atoms with E-state index >= 15 is 0 Å². The maximum Gasteiger partial charge on any atom is 0.251 e. The minimum Gasteiger partial charge on any atom is -0.370 e. The number of amides is 2. The molecule has 0 spiro atoms. The molecule has 0 saturated carbocycles. The van der Waals surface area contributed by atoms with E-state index in [2.05, 4.69) is 22.2 Å². The lowest BCUT2D eigenvalue weighted by Crippen LogP contribution is -2.33. The van der Waals surface area contributed by atoms with Gasteiger partial charge in [-0.25, -0.2) is 4.99 Å². The molecule has 0 bridgehead atoms. The zero-order valence-electron chi connectivity index (χ0n) is 12.6. The van der Waals surface area contributed by atoms with Crippen LogP contribution in [0.2, 0.25) is 0 Å². The summed E-state index contributed by atoms with van der Waals surface area (Å²) in [6.45, 7) is 6.44. The molecule has 0 atom stereocenters. The fraction of sp³-hybridized carbons (Fsp3) is 0.267. The summed E-state index contributed by atoms with van der Waals surface area (Å²) in [5, 5.41) is 5.35. The summed E-state index contributed by atoms with van der Waals surface area (Å²) in [6.07, 6.45) is 0. The van der Waals surface area contributed by atoms with Gasteiger partial charge in [0.15, 0.2) is 5.96 Å². The third kappa shape index (κ3) is 6.56. The van der Waals surface area contributed by atoms with Crippen LogP contribution in [0, 0.1) is 0 Å². The monoisotopic (exact) mass is 303 g/mol. The summed E-state index contributed by atoms with van der Waals surface area (Å²) in [6, 6.07) is 6.85. The summed E-state index contributed by atoms with van der Waals surface area (Å²) >= 11 is 0. The second-order valence-electron chi connectivity index (χ2n) is 4.86. The van der Waals surface area contributed by atoms with Crippen molar-refractivity contribution in [2.24, 2.45) is 16.5 Å². The fourth-order valence-electron chi connectivity index (χ4n) is 1.50. The number of nitrogens with two attached hydrogens (primary N) is 2. The van der Waals surface area contributed by atoms with E-state index in [0.29, 0.717) is 24.6 Å². The molecule has 0 aromatic heterocycles. The minimum atomic E-state index is -0.586. The average Bonchev–Trinajstić information content (AvgIpc) is 2.49. The molecule has 0 heterocycles. The molecule has 0 aliphatic heterocycles. The van der Waals surface area contributed by atoms with Gasteiger partial charge in [-0.3, -0.25) is 9.59 Å². The summed E-state index contributed by atoms with van der Waals surface area (Å²) in [5.74, 6) is -0.597. The first-order valence-corrected chi connectivity index (χ1v) is 6.72. The van der Waals surface area contributed by atoms with Crippen molar-refractivity contribution in [1.82, 2.24) is 10.6 Å². The smallest absolute Gasteiger partial charge is 0.251 e. The van der Waals surface area contributed by atoms with Crippen LogP contribution in [0.3, 0.4) is 0 Å². The molecule has 1 aromatic carbocycles. The second kappa shape index (κ2) is 8.46. The molecule has 0 fully saturated rings. The molecular weight excluding hydrogens is 282 g/mol. The highest BCUT2D eigenvalue weighted by Crippen LogP contribution is 2.05. The van der Waals surface area contributed by atoms with E-state index in [1.165, 1.54) is 0 Å². The predicted molar refractivity (Wildman–Crippen MR) is 86.1 cm³/mol. The van der Waals surface area contributed by atoms with Crippen molar-refractivity contribution in [2.45, 2.75) is 13.5 Å². The van der Waals surface area contributed by atoms with Crippen molar-refractivity contribution >= 4 is 17.8 Å². The number of hydrogen-bond acceptors (Lipinski definition) is 3. The van der Waals surface area contributed by atoms with Crippen molar-refractivity contribution < 1.29 is 9.59 Å². The highest BCUT2D eigenvalue weighted by atomic mass is 16.2. The van der Waals surface area contributed by atoms with Gasteiger partial charge in [-0.05, 0) is 24.6 Å². The van der Waals surface area contributed by atoms with Crippen LogP contribution in [-0.4, -0.2) is 30.9 Å². The number of aliphatic imine (C=N–C) groups is 1. The molecule has 22 heavy (non-hydrogen) atoms. The maximum atomic E-state index is 11.7. The number of nitrogens with one attached hydrogen (secondary N) is 2. The molecule has 0 saturated heterocycles. The van der Waals surface area contributed by atoms with Crippen molar-refractivity contribution in [3.8, 4) is 0 Å². The van der Waals surface area contributed by atoms with Gasteiger partial charge in [-0.2, -0.15) is 0 Å². The Morgan fingerprint density at radius 1 is 1.14 bits per heavy atom. The van der Waals surface area contributed by atoms with Crippen molar-refractivity contribution in [3.63, 3.8) is 0 Å². The van der Waals surface area contributed by atoms with Crippen molar-refractivity contribution in [3.05, 3.63) is 47.5 Å². The lowest BCUT2D eigenvalue weighted by molar-refractivity contribution is -0.117. The maximum absolute atomic E-state index is 11.7. The SMILES string of the molecule is C=C(C)CNC(N)=NCc1ccc(C(=O)NCC(N)=O)cc1. The van der Waals surface area contributed by atoms with E-state index < -0.39 is 5.91 Å². The molecule has 6 N–H and O–H groups in total. The summed E-state index contributed by atoms with van der Waals surface area (Å²) in [7, 11) is 0. The van der Waals surface area contributed by atoms with Crippen molar-refractivity contribution in [2.75, 3.05) is 13.1 Å². The third-order valence-electron chi connectivity index (χ3n) is 2.64. The molecule has 0 unspecified atom stereocenters. The van der Waals surface area contributed by atoms with Gasteiger partial charge in [0.25, 0.3) is 5.91 Å². The Kier molecular flexibility index (Phi) is 6.62. The Balaban J connectivity index is 2.54. The first-order chi connectivity index (χ1) is 10.4. The highest BCUT2D eigenvalue weighted by molar-refractivity contribution is 5.96. The largest absolute Gasteiger partial charge is 0.370 e. The van der Waals surface area contributed by atoms with Gasteiger partial charge in [-0.1, -0.05) is 24.3 Å². The van der Waals surface area contributed by atoms with Gasteiger partial charge >= 0.3 is 0 Å². The molecule has 0 aliphatic rings. The second-order valence-corrected chi connectivity index (χ2v) is 4.86. The standard InChI is InChI=1S/C15H21N5O2/c1-10(2)7-19-15(17)20-8-11-3-5-12(6-4-11)14(22)18-9-13(16)21/h3-6H,1,7-9H2,2H3,(H2,16,21)(H,18,22)(H3,17,19,20). The minimum absolute atomic E-state index is 0.185. The van der Waals surface area contributed by atoms with E-state index in [0.717, 1.165) is 11.1 Å². The Bertz CT molecular complexity index is 578. The first-order valence-electron chi connectivity index (χ1n) is 6.72. The molecule has 118 valence electrons. The highest BCUT2D eigenvalue weighted by Gasteiger charge is 2.05. The number of carbonyl (C=O) groups is 2. The van der Waals surface area contributed by atoms with Gasteiger partial charge in [0.2, 0.25) is 5.91 Å². The van der Waals surface area contributed by atoms with Crippen molar-refractivity contribution in [1.29, 1.82) is 0 Å². The summed E-state index contributed by atoms with van der Waals surface area (Å²) in [5.41, 5.74) is 13.0. The first kappa shape index (κ1) is 17.2. The van der Waals surface area contributed by atoms with Crippen LogP contribution in [0.4, 0.5) is 0 Å². The number of rotatable bonds is 7. The molecule has 0 radical (unpaired) electrons. The van der Waals surface area contributed by atoms with Gasteiger partial charge in [0.1, 0.15) is 0 Å². The number of benzene rings is 1. The lowest BCUT2D eigenvalue weighted by atomic mass is 10.1. The van der Waals surface area contributed by atoms with E-state index in [-0.39, 0.29) is 12.5 Å². The third-order valence-corrected chi connectivity index (χ3v) is 2.64. The zero-order valence-corrected chi connectivity index (χ0v) is 12.6. The van der Waals surface area contributed by atoms with E-state index in [9.17, 15) is 9.59 Å². The topological polar surface area (TPSA) is 123 Å². The quantitative estimate of drug-likeness (QED) is 0.318. The molecule has 0 aliphatic carbocycles. The van der Waals surface area contributed by atoms with Gasteiger partial charge in [0, 0.05) is 12.1 Å². The number of primary amides is 1. The zero-order chi connectivity index (χ0) is 16.5. The number of guanidine groups is 1. The fourth-order valence-corrected chi connectivity index (χ4v) is 1.50. The Morgan fingerprint density at radius 3 is 2.32 bits per heavy atom. The van der Waals surface area contributed by atoms with Crippen LogP contribution in [-0.2, 0) is 11.3 Å². The molecular formula is C15H21N5O2. The van der Waals surface area contributed by atoms with Crippen LogP contribution in [0.25, 0.3) is 0 Å². The lowest BCUT2D eigenvalue weighted by Gasteiger charge is -2.06. The number of carbonyl (C=O) groups excluding carboxylic acids is 2. The number of nitrogens with zero attached hydrogens (tertiary/aromatic N) is 1. The van der Waals surface area contributed by atoms with E-state index in [1.54, 1.807) is 24.3 Å². The van der Waals surface area contributed by atoms with Crippen LogP contribution >= 0.6 is 0 Å².